The standard InChI is InChI=1S/C29H27F7O2/c1-2-3-18-4-6-19(7-5-18)20-8-10-21(11-9-20)22-16-25(30)27(26(31)17-22)28(32,33)37-23-12-14-24(15-13-23)38-29(34,35)36/h8-19H,2-7H2,1H3. The van der Waals surface area contributed by atoms with Gasteiger partial charge in [-0.2, -0.15) is 8.78 Å². The summed E-state index contributed by atoms with van der Waals surface area (Å²) >= 11 is 0. The molecule has 0 aromatic heterocycles. The second-order valence-corrected chi connectivity index (χ2v) is 9.58. The van der Waals surface area contributed by atoms with E-state index in [1.54, 1.807) is 12.1 Å². The topological polar surface area (TPSA) is 18.5 Å². The fraction of sp³-hybridized carbons (Fsp3) is 0.379. The molecule has 0 saturated heterocycles. The smallest absolute Gasteiger partial charge is 0.429 e. The molecule has 0 radical (unpaired) electrons. The molecule has 1 aliphatic rings. The highest BCUT2D eigenvalue weighted by atomic mass is 19.4. The molecule has 0 amide bonds. The third-order valence-corrected chi connectivity index (χ3v) is 6.90. The summed E-state index contributed by atoms with van der Waals surface area (Å²) in [6, 6.07) is 11.9. The van der Waals surface area contributed by atoms with Crippen molar-refractivity contribution in [2.45, 2.75) is 63.8 Å². The molecule has 4 rings (SSSR count). The maximum absolute atomic E-state index is 14.8. The molecule has 3 aromatic carbocycles. The van der Waals surface area contributed by atoms with E-state index in [-0.39, 0.29) is 5.56 Å². The lowest BCUT2D eigenvalue weighted by Crippen LogP contribution is -2.25. The second kappa shape index (κ2) is 11.3. The first-order chi connectivity index (χ1) is 17.9. The van der Waals surface area contributed by atoms with Crippen molar-refractivity contribution in [1.82, 2.24) is 0 Å². The molecular formula is C29H27F7O2. The van der Waals surface area contributed by atoms with E-state index in [0.717, 1.165) is 60.7 Å². The molecule has 0 unspecified atom stereocenters. The van der Waals surface area contributed by atoms with Gasteiger partial charge in [-0.15, -0.1) is 13.2 Å². The van der Waals surface area contributed by atoms with Crippen LogP contribution in [0, 0.1) is 17.6 Å². The molecule has 204 valence electrons. The van der Waals surface area contributed by atoms with Crippen molar-refractivity contribution in [2.24, 2.45) is 5.92 Å². The monoisotopic (exact) mass is 540 g/mol. The molecule has 1 aliphatic carbocycles. The van der Waals surface area contributed by atoms with Crippen LogP contribution < -0.4 is 9.47 Å². The number of rotatable bonds is 8. The van der Waals surface area contributed by atoms with Crippen LogP contribution in [0.3, 0.4) is 0 Å². The molecule has 0 heterocycles. The molecule has 0 atom stereocenters. The molecule has 9 heteroatoms. The van der Waals surface area contributed by atoms with E-state index in [0.29, 0.717) is 11.5 Å². The molecule has 0 N–H and O–H groups in total. The summed E-state index contributed by atoms with van der Waals surface area (Å²) in [5.74, 6) is -3.10. The number of alkyl halides is 5. The van der Waals surface area contributed by atoms with Crippen molar-refractivity contribution in [1.29, 1.82) is 0 Å². The van der Waals surface area contributed by atoms with Gasteiger partial charge in [0.25, 0.3) is 0 Å². The summed E-state index contributed by atoms with van der Waals surface area (Å²) in [5.41, 5.74) is 0.110. The summed E-state index contributed by atoms with van der Waals surface area (Å²) in [6.45, 7) is 2.19. The van der Waals surface area contributed by atoms with E-state index in [1.165, 1.54) is 25.7 Å². The van der Waals surface area contributed by atoms with Gasteiger partial charge in [0.05, 0.1) is 0 Å². The first kappa shape index (κ1) is 27.8. The lowest BCUT2D eigenvalue weighted by Gasteiger charge is -2.28. The SMILES string of the molecule is CCCC1CCC(c2ccc(-c3cc(F)c(C(F)(F)Oc4ccc(OC(F)(F)F)cc4)c(F)c3)cc2)CC1. The molecule has 1 saturated carbocycles. The molecular weight excluding hydrogens is 513 g/mol. The van der Waals surface area contributed by atoms with Crippen molar-refractivity contribution in [3.05, 3.63) is 83.4 Å². The average Bonchev–Trinajstić information content (AvgIpc) is 2.84. The fourth-order valence-corrected chi connectivity index (χ4v) is 5.07. The number of halogens is 7. The van der Waals surface area contributed by atoms with Gasteiger partial charge in [0.1, 0.15) is 28.7 Å². The summed E-state index contributed by atoms with van der Waals surface area (Å²) in [5, 5.41) is 0. The molecule has 0 spiro atoms. The van der Waals surface area contributed by atoms with Crippen LogP contribution in [0.5, 0.6) is 11.5 Å². The van der Waals surface area contributed by atoms with Gasteiger partial charge in [-0.1, -0.05) is 44.0 Å². The van der Waals surface area contributed by atoms with Crippen molar-refractivity contribution >= 4 is 0 Å². The van der Waals surface area contributed by atoms with Crippen molar-refractivity contribution in [3.8, 4) is 22.6 Å². The second-order valence-electron chi connectivity index (χ2n) is 9.58. The number of hydrogen-bond acceptors (Lipinski definition) is 2. The Morgan fingerprint density at radius 3 is 1.74 bits per heavy atom. The molecule has 2 nitrogen and oxygen atoms in total. The van der Waals surface area contributed by atoms with Crippen LogP contribution in [-0.2, 0) is 6.11 Å². The fourth-order valence-electron chi connectivity index (χ4n) is 5.07. The first-order valence-corrected chi connectivity index (χ1v) is 12.5. The zero-order valence-electron chi connectivity index (χ0n) is 20.6. The van der Waals surface area contributed by atoms with Gasteiger partial charge in [-0.25, -0.2) is 8.78 Å². The summed E-state index contributed by atoms with van der Waals surface area (Å²) < 4.78 is 104. The minimum atomic E-state index is -4.96. The maximum atomic E-state index is 14.8. The lowest BCUT2D eigenvalue weighted by atomic mass is 9.77. The van der Waals surface area contributed by atoms with Crippen LogP contribution in [0.2, 0.25) is 0 Å². The minimum Gasteiger partial charge on any atom is -0.429 e. The van der Waals surface area contributed by atoms with Gasteiger partial charge < -0.3 is 9.47 Å². The summed E-state index contributed by atoms with van der Waals surface area (Å²) in [7, 11) is 0. The Bertz CT molecular complexity index is 1190. The van der Waals surface area contributed by atoms with E-state index in [1.807, 2.05) is 12.1 Å². The number of hydrogen-bond donors (Lipinski definition) is 0. The highest BCUT2D eigenvalue weighted by molar-refractivity contribution is 5.64. The molecule has 1 fully saturated rings. The van der Waals surface area contributed by atoms with Gasteiger partial charge >= 0.3 is 12.5 Å². The molecule has 38 heavy (non-hydrogen) atoms. The Labute approximate surface area is 216 Å². The quantitative estimate of drug-likeness (QED) is 0.265. The third kappa shape index (κ3) is 6.79. The van der Waals surface area contributed by atoms with E-state index < -0.39 is 41.2 Å². The van der Waals surface area contributed by atoms with Crippen molar-refractivity contribution in [2.75, 3.05) is 0 Å². The zero-order valence-corrected chi connectivity index (χ0v) is 20.6. The van der Waals surface area contributed by atoms with Gasteiger partial charge in [0.15, 0.2) is 0 Å². The van der Waals surface area contributed by atoms with E-state index in [2.05, 4.69) is 16.4 Å². The number of ether oxygens (including phenoxy) is 2. The summed E-state index contributed by atoms with van der Waals surface area (Å²) in [4.78, 5) is 0. The normalized spacial score (nSPS) is 18.3. The zero-order chi connectivity index (χ0) is 27.5. The Morgan fingerprint density at radius 2 is 1.24 bits per heavy atom. The minimum absolute atomic E-state index is 0.0893. The van der Waals surface area contributed by atoms with Crippen LogP contribution in [0.15, 0.2) is 60.7 Å². The van der Waals surface area contributed by atoms with E-state index in [9.17, 15) is 30.7 Å². The summed E-state index contributed by atoms with van der Waals surface area (Å²) in [6.07, 6.45) is -2.42. The Balaban J connectivity index is 1.47. The lowest BCUT2D eigenvalue weighted by molar-refractivity contribution is -0.274. The first-order valence-electron chi connectivity index (χ1n) is 12.5. The van der Waals surface area contributed by atoms with Gasteiger partial charge in [0.2, 0.25) is 0 Å². The largest absolute Gasteiger partial charge is 0.573 e. The average molecular weight is 541 g/mol. The van der Waals surface area contributed by atoms with Crippen LogP contribution in [0.1, 0.15) is 62.5 Å². The van der Waals surface area contributed by atoms with E-state index in [4.69, 9.17) is 0 Å². The van der Waals surface area contributed by atoms with Crippen molar-refractivity contribution in [3.63, 3.8) is 0 Å². The van der Waals surface area contributed by atoms with Crippen molar-refractivity contribution < 1.29 is 40.2 Å². The number of benzene rings is 3. The van der Waals surface area contributed by atoms with Crippen LogP contribution in [0.25, 0.3) is 11.1 Å². The van der Waals surface area contributed by atoms with Crippen LogP contribution in [0.4, 0.5) is 30.7 Å². The van der Waals surface area contributed by atoms with Gasteiger partial charge in [-0.3, -0.25) is 0 Å². The van der Waals surface area contributed by atoms with E-state index >= 15 is 0 Å². The van der Waals surface area contributed by atoms with Gasteiger partial charge in [-0.05, 0) is 90.6 Å². The Hall–Kier alpha value is -3.23. The molecule has 0 aliphatic heterocycles. The predicted molar refractivity (Wildman–Crippen MR) is 129 cm³/mol. The molecule has 3 aromatic rings. The third-order valence-electron chi connectivity index (χ3n) is 6.90. The molecule has 0 bridgehead atoms. The maximum Gasteiger partial charge on any atom is 0.573 e. The Kier molecular flexibility index (Phi) is 8.23. The van der Waals surface area contributed by atoms with Crippen LogP contribution >= 0.6 is 0 Å². The Morgan fingerprint density at radius 1 is 0.711 bits per heavy atom. The predicted octanol–water partition coefficient (Wildman–Crippen LogP) is 9.73. The highest BCUT2D eigenvalue weighted by Crippen LogP contribution is 2.40. The van der Waals surface area contributed by atoms with Crippen LogP contribution in [-0.4, -0.2) is 6.36 Å². The highest BCUT2D eigenvalue weighted by Gasteiger charge is 2.41. The van der Waals surface area contributed by atoms with Gasteiger partial charge in [0, 0.05) is 0 Å².